The highest BCUT2D eigenvalue weighted by Gasteiger charge is 2.23. The number of ether oxygens (including phenoxy) is 1. The first-order valence-electron chi connectivity index (χ1n) is 10.2. The van der Waals surface area contributed by atoms with Crippen LogP contribution in [0, 0.1) is 0 Å². The zero-order valence-corrected chi connectivity index (χ0v) is 18.1. The van der Waals surface area contributed by atoms with Crippen molar-refractivity contribution in [1.29, 1.82) is 0 Å². The monoisotopic (exact) mass is 413 g/mol. The molecule has 30 heavy (non-hydrogen) atoms. The predicted molar refractivity (Wildman–Crippen MR) is 115 cm³/mol. The Kier molecular flexibility index (Phi) is 7.40. The largest absolute Gasteiger partial charge is 0.377 e. The average molecular weight is 414 g/mol. The van der Waals surface area contributed by atoms with E-state index in [0.717, 1.165) is 24.2 Å². The third-order valence-electron chi connectivity index (χ3n) is 5.04. The van der Waals surface area contributed by atoms with Crippen LogP contribution in [0.1, 0.15) is 36.6 Å². The van der Waals surface area contributed by atoms with Crippen LogP contribution in [0.25, 0.3) is 0 Å². The molecule has 1 aromatic carbocycles. The van der Waals surface area contributed by atoms with E-state index in [1.54, 1.807) is 26.1 Å². The maximum absolute atomic E-state index is 12.1. The van der Waals surface area contributed by atoms with Gasteiger partial charge in [0, 0.05) is 33.7 Å². The van der Waals surface area contributed by atoms with Gasteiger partial charge in [-0.05, 0) is 18.9 Å². The number of amides is 1. The lowest BCUT2D eigenvalue weighted by Gasteiger charge is -2.27. The van der Waals surface area contributed by atoms with Crippen molar-refractivity contribution in [3.63, 3.8) is 0 Å². The van der Waals surface area contributed by atoms with Crippen LogP contribution in [-0.4, -0.2) is 65.3 Å². The normalized spacial score (nSPS) is 17.2. The first-order valence-corrected chi connectivity index (χ1v) is 10.2. The second-order valence-corrected chi connectivity index (χ2v) is 7.67. The summed E-state index contributed by atoms with van der Waals surface area (Å²) in [6.07, 6.45) is 1.74. The van der Waals surface area contributed by atoms with Crippen LogP contribution in [0.2, 0.25) is 0 Å². The Hall–Kier alpha value is -2.94. The fourth-order valence-corrected chi connectivity index (χ4v) is 3.31. The number of hydrogen-bond acceptors (Lipinski definition) is 5. The Bertz CT molecular complexity index is 863. The fourth-order valence-electron chi connectivity index (χ4n) is 3.31. The Morgan fingerprint density at radius 1 is 1.37 bits per heavy atom. The molecule has 2 unspecified atom stereocenters. The summed E-state index contributed by atoms with van der Waals surface area (Å²) in [6.45, 7) is 3.26. The average Bonchev–Trinajstić information content (AvgIpc) is 3.14. The molecule has 3 rings (SSSR count). The molecule has 2 aromatic rings. The SMILES string of the molecule is COCc1nc2n(n1)CC(NC(=NCC(=O)N(C)C)NC(C)c1ccccc1)CC2. The lowest BCUT2D eigenvalue weighted by atomic mass is 10.1. The number of rotatable bonds is 7. The topological polar surface area (TPSA) is 96.7 Å². The number of carbonyl (C=O) groups excluding carboxylic acids is 1. The predicted octanol–water partition coefficient (Wildman–Crippen LogP) is 1.12. The number of fused-ring (bicyclic) bond motifs is 1. The van der Waals surface area contributed by atoms with Gasteiger partial charge in [-0.3, -0.25) is 4.79 Å². The van der Waals surface area contributed by atoms with Crippen LogP contribution in [0.5, 0.6) is 0 Å². The van der Waals surface area contributed by atoms with Gasteiger partial charge in [0.15, 0.2) is 11.8 Å². The van der Waals surface area contributed by atoms with Gasteiger partial charge in [0.05, 0.1) is 12.6 Å². The Labute approximate surface area is 177 Å². The van der Waals surface area contributed by atoms with Crippen molar-refractivity contribution < 1.29 is 9.53 Å². The number of carbonyl (C=O) groups is 1. The first-order chi connectivity index (χ1) is 14.5. The number of aliphatic imine (C=N–C) groups is 1. The smallest absolute Gasteiger partial charge is 0.243 e. The summed E-state index contributed by atoms with van der Waals surface area (Å²) in [5.41, 5.74) is 1.15. The fraction of sp³-hybridized carbons (Fsp3) is 0.524. The van der Waals surface area contributed by atoms with Gasteiger partial charge < -0.3 is 20.3 Å². The number of nitrogens with one attached hydrogen (secondary N) is 2. The van der Waals surface area contributed by atoms with E-state index in [1.165, 1.54) is 0 Å². The van der Waals surface area contributed by atoms with E-state index < -0.39 is 0 Å². The van der Waals surface area contributed by atoms with E-state index >= 15 is 0 Å². The number of nitrogens with zero attached hydrogens (tertiary/aromatic N) is 5. The standard InChI is InChI=1S/C21H31N7O2/c1-15(16-8-6-5-7-9-16)23-21(22-12-20(29)27(2)3)24-17-10-11-19-25-18(14-30-4)26-28(19)13-17/h5-9,15,17H,10-14H2,1-4H3,(H2,22,23,24). The van der Waals surface area contributed by atoms with Crippen LogP contribution in [-0.2, 0) is 29.1 Å². The lowest BCUT2D eigenvalue weighted by Crippen LogP contribution is -2.48. The number of likely N-dealkylation sites (N-methyl/N-ethyl adjacent to an activating group) is 1. The summed E-state index contributed by atoms with van der Waals surface area (Å²) in [5, 5.41) is 11.4. The van der Waals surface area contributed by atoms with E-state index in [9.17, 15) is 4.79 Å². The van der Waals surface area contributed by atoms with Crippen molar-refractivity contribution >= 4 is 11.9 Å². The van der Waals surface area contributed by atoms with E-state index in [-0.39, 0.29) is 24.5 Å². The van der Waals surface area contributed by atoms with Crippen molar-refractivity contribution in [3.05, 3.63) is 47.5 Å². The maximum atomic E-state index is 12.1. The molecule has 0 spiro atoms. The van der Waals surface area contributed by atoms with Crippen molar-refractivity contribution in [1.82, 2.24) is 30.3 Å². The molecular weight excluding hydrogens is 382 g/mol. The summed E-state index contributed by atoms with van der Waals surface area (Å²) in [4.78, 5) is 22.7. The van der Waals surface area contributed by atoms with Gasteiger partial charge in [0.25, 0.3) is 0 Å². The minimum atomic E-state index is -0.0464. The van der Waals surface area contributed by atoms with Gasteiger partial charge in [0.1, 0.15) is 19.0 Å². The number of benzene rings is 1. The van der Waals surface area contributed by atoms with Gasteiger partial charge in [-0.1, -0.05) is 30.3 Å². The van der Waals surface area contributed by atoms with Gasteiger partial charge in [0.2, 0.25) is 5.91 Å². The summed E-state index contributed by atoms with van der Waals surface area (Å²) < 4.78 is 7.07. The molecule has 1 aliphatic rings. The molecule has 0 saturated heterocycles. The summed E-state index contributed by atoms with van der Waals surface area (Å²) in [6, 6.07) is 10.3. The quantitative estimate of drug-likeness (QED) is 0.522. The number of aryl methyl sites for hydroxylation is 1. The van der Waals surface area contributed by atoms with Crippen molar-refractivity contribution in [2.45, 2.75) is 45.0 Å². The maximum Gasteiger partial charge on any atom is 0.243 e. The van der Waals surface area contributed by atoms with Crippen LogP contribution >= 0.6 is 0 Å². The second-order valence-electron chi connectivity index (χ2n) is 7.67. The molecule has 0 aliphatic carbocycles. The van der Waals surface area contributed by atoms with Crippen LogP contribution in [0.15, 0.2) is 35.3 Å². The highest BCUT2D eigenvalue weighted by Crippen LogP contribution is 2.15. The number of guanidine groups is 1. The molecule has 9 nitrogen and oxygen atoms in total. The summed E-state index contributed by atoms with van der Waals surface area (Å²) in [7, 11) is 5.10. The van der Waals surface area contributed by atoms with E-state index in [2.05, 4.69) is 44.8 Å². The molecule has 2 heterocycles. The first kappa shape index (κ1) is 21.8. The molecule has 1 amide bonds. The van der Waals surface area contributed by atoms with E-state index in [0.29, 0.717) is 24.9 Å². The minimum Gasteiger partial charge on any atom is -0.377 e. The highest BCUT2D eigenvalue weighted by molar-refractivity contribution is 5.85. The molecule has 0 saturated carbocycles. The van der Waals surface area contributed by atoms with Gasteiger partial charge in [-0.2, -0.15) is 5.10 Å². The zero-order valence-electron chi connectivity index (χ0n) is 18.1. The summed E-state index contributed by atoms with van der Waals surface area (Å²) in [5.74, 6) is 2.25. The number of hydrogen-bond donors (Lipinski definition) is 2. The van der Waals surface area contributed by atoms with E-state index in [1.807, 2.05) is 22.9 Å². The zero-order chi connectivity index (χ0) is 21.5. The third kappa shape index (κ3) is 5.79. The molecule has 0 radical (unpaired) electrons. The van der Waals surface area contributed by atoms with Crippen molar-refractivity contribution in [2.24, 2.45) is 4.99 Å². The molecule has 0 bridgehead atoms. The number of aromatic nitrogens is 3. The molecule has 9 heteroatoms. The molecule has 2 N–H and O–H groups in total. The van der Waals surface area contributed by atoms with Crippen LogP contribution in [0.4, 0.5) is 0 Å². The highest BCUT2D eigenvalue weighted by atomic mass is 16.5. The molecule has 1 aromatic heterocycles. The van der Waals surface area contributed by atoms with Crippen LogP contribution in [0.3, 0.4) is 0 Å². The molecule has 2 atom stereocenters. The summed E-state index contributed by atoms with van der Waals surface area (Å²) >= 11 is 0. The van der Waals surface area contributed by atoms with Gasteiger partial charge >= 0.3 is 0 Å². The molecular formula is C21H31N7O2. The molecule has 1 aliphatic heterocycles. The van der Waals surface area contributed by atoms with Crippen LogP contribution < -0.4 is 10.6 Å². The number of methoxy groups -OCH3 is 1. The van der Waals surface area contributed by atoms with E-state index in [4.69, 9.17) is 4.74 Å². The van der Waals surface area contributed by atoms with Crippen molar-refractivity contribution in [2.75, 3.05) is 27.7 Å². The Morgan fingerprint density at radius 2 is 2.13 bits per heavy atom. The Balaban J connectivity index is 1.70. The molecule has 0 fully saturated rings. The minimum absolute atomic E-state index is 0.0464. The van der Waals surface area contributed by atoms with Gasteiger partial charge in [-0.15, -0.1) is 0 Å². The molecule has 162 valence electrons. The lowest BCUT2D eigenvalue weighted by molar-refractivity contribution is -0.127. The third-order valence-corrected chi connectivity index (χ3v) is 5.04. The van der Waals surface area contributed by atoms with Gasteiger partial charge in [-0.25, -0.2) is 14.7 Å². The second kappa shape index (κ2) is 10.2. The Morgan fingerprint density at radius 3 is 2.83 bits per heavy atom. The van der Waals surface area contributed by atoms with Crippen molar-refractivity contribution in [3.8, 4) is 0 Å².